The van der Waals surface area contributed by atoms with Gasteiger partial charge in [0.05, 0.1) is 5.52 Å². The minimum absolute atomic E-state index is 0.0582. The van der Waals surface area contributed by atoms with Crippen LogP contribution < -0.4 is 0 Å². The van der Waals surface area contributed by atoms with E-state index in [0.29, 0.717) is 11.1 Å². The number of carbonyl (C=O) groups is 1. The molecule has 0 aliphatic rings. The van der Waals surface area contributed by atoms with Crippen LogP contribution >= 0.6 is 0 Å². The van der Waals surface area contributed by atoms with E-state index in [4.69, 9.17) is 0 Å². The second-order valence-corrected chi connectivity index (χ2v) is 5.27. The topological polar surface area (TPSA) is 53.1 Å². The zero-order valence-corrected chi connectivity index (χ0v) is 11.7. The number of H-pyrrole nitrogens is 1. The van der Waals surface area contributed by atoms with Gasteiger partial charge in [0.15, 0.2) is 5.78 Å². The molecule has 0 amide bonds. The van der Waals surface area contributed by atoms with Crippen molar-refractivity contribution in [1.29, 1.82) is 0 Å². The second-order valence-electron chi connectivity index (χ2n) is 5.27. The highest BCUT2D eigenvalue weighted by atomic mass is 16.3. The minimum atomic E-state index is -0.0582. The Morgan fingerprint density at radius 2 is 1.55 bits per heavy atom. The molecule has 0 radical (unpaired) electrons. The van der Waals surface area contributed by atoms with Gasteiger partial charge in [-0.25, -0.2) is 0 Å². The monoisotopic (exact) mass is 287 g/mol. The summed E-state index contributed by atoms with van der Waals surface area (Å²) < 4.78 is 0. The summed E-state index contributed by atoms with van der Waals surface area (Å²) in [6, 6.07) is 20.1. The van der Waals surface area contributed by atoms with E-state index in [2.05, 4.69) is 4.98 Å². The molecule has 0 bridgehead atoms. The number of rotatable bonds is 2. The highest BCUT2D eigenvalue weighted by molar-refractivity contribution is 6.20. The normalized spacial score (nSPS) is 11.1. The Hall–Kier alpha value is -3.07. The van der Waals surface area contributed by atoms with Crippen LogP contribution in [0.2, 0.25) is 0 Å². The number of nitrogens with one attached hydrogen (secondary N) is 1. The van der Waals surface area contributed by atoms with Crippen molar-refractivity contribution < 1.29 is 9.90 Å². The predicted octanol–water partition coefficient (Wildman–Crippen LogP) is 4.26. The Kier molecular flexibility index (Phi) is 2.73. The van der Waals surface area contributed by atoms with Gasteiger partial charge in [0.2, 0.25) is 0 Å². The number of carbonyl (C=O) groups excluding carboxylic acids is 1. The molecule has 4 aromatic rings. The van der Waals surface area contributed by atoms with Crippen molar-refractivity contribution in [2.24, 2.45) is 0 Å². The number of ketones is 1. The number of phenols is 1. The van der Waals surface area contributed by atoms with Gasteiger partial charge in [-0.1, -0.05) is 30.3 Å². The van der Waals surface area contributed by atoms with Gasteiger partial charge in [0.1, 0.15) is 5.75 Å². The molecule has 0 fully saturated rings. The summed E-state index contributed by atoms with van der Waals surface area (Å²) in [6.45, 7) is 0. The van der Waals surface area contributed by atoms with Crippen molar-refractivity contribution >= 4 is 27.6 Å². The summed E-state index contributed by atoms with van der Waals surface area (Å²) in [5.41, 5.74) is 3.06. The third kappa shape index (κ3) is 1.87. The van der Waals surface area contributed by atoms with Crippen LogP contribution in [0, 0.1) is 0 Å². The van der Waals surface area contributed by atoms with Crippen LogP contribution in [0.5, 0.6) is 5.75 Å². The minimum Gasteiger partial charge on any atom is -0.508 e. The first-order valence-corrected chi connectivity index (χ1v) is 7.07. The fraction of sp³-hybridized carbons (Fsp3) is 0. The maximum atomic E-state index is 12.7. The average molecular weight is 287 g/mol. The maximum Gasteiger partial charge on any atom is 0.195 e. The number of hydrogen-bond donors (Lipinski definition) is 2. The van der Waals surface area contributed by atoms with E-state index in [9.17, 15) is 9.90 Å². The van der Waals surface area contributed by atoms with Crippen molar-refractivity contribution in [3.05, 3.63) is 77.9 Å². The number of fused-ring (bicyclic) bond motifs is 3. The molecule has 4 rings (SSSR count). The SMILES string of the molecule is O=C(c1ccc(O)cc1)c1cccc2c1[nH]c1ccccc12. The number of para-hydroxylation sites is 2. The van der Waals surface area contributed by atoms with E-state index >= 15 is 0 Å². The molecule has 0 aliphatic carbocycles. The van der Waals surface area contributed by atoms with Gasteiger partial charge in [0, 0.05) is 27.4 Å². The van der Waals surface area contributed by atoms with Crippen LogP contribution in [0.3, 0.4) is 0 Å². The Morgan fingerprint density at radius 1 is 0.818 bits per heavy atom. The van der Waals surface area contributed by atoms with Gasteiger partial charge in [-0.3, -0.25) is 4.79 Å². The van der Waals surface area contributed by atoms with Crippen LogP contribution in [-0.2, 0) is 0 Å². The molecule has 0 unspecified atom stereocenters. The van der Waals surface area contributed by atoms with E-state index in [1.165, 1.54) is 12.1 Å². The van der Waals surface area contributed by atoms with Gasteiger partial charge in [-0.2, -0.15) is 0 Å². The van der Waals surface area contributed by atoms with Crippen molar-refractivity contribution in [1.82, 2.24) is 4.98 Å². The van der Waals surface area contributed by atoms with E-state index in [1.54, 1.807) is 12.1 Å². The van der Waals surface area contributed by atoms with Crippen LogP contribution in [-0.4, -0.2) is 15.9 Å². The summed E-state index contributed by atoms with van der Waals surface area (Å²) in [5.74, 6) is 0.0949. The quantitative estimate of drug-likeness (QED) is 0.541. The first-order chi connectivity index (χ1) is 10.7. The molecule has 0 atom stereocenters. The predicted molar refractivity (Wildman–Crippen MR) is 87.3 cm³/mol. The Labute approximate surface area is 126 Å². The first kappa shape index (κ1) is 12.7. The number of hydrogen-bond acceptors (Lipinski definition) is 2. The second kappa shape index (κ2) is 4.74. The van der Waals surface area contributed by atoms with Gasteiger partial charge in [0.25, 0.3) is 0 Å². The summed E-state index contributed by atoms with van der Waals surface area (Å²) in [4.78, 5) is 16.1. The van der Waals surface area contributed by atoms with Gasteiger partial charge in [-0.15, -0.1) is 0 Å². The molecule has 1 aromatic heterocycles. The zero-order valence-electron chi connectivity index (χ0n) is 11.7. The number of benzene rings is 3. The molecule has 1 heterocycles. The summed E-state index contributed by atoms with van der Waals surface area (Å²) >= 11 is 0. The molecule has 3 aromatic carbocycles. The third-order valence-corrected chi connectivity index (χ3v) is 3.92. The van der Waals surface area contributed by atoms with E-state index in [0.717, 1.165) is 21.8 Å². The third-order valence-electron chi connectivity index (χ3n) is 3.92. The molecule has 22 heavy (non-hydrogen) atoms. The molecule has 0 saturated heterocycles. The lowest BCUT2D eigenvalue weighted by atomic mass is 10.0. The van der Waals surface area contributed by atoms with Crippen LogP contribution in [0.1, 0.15) is 15.9 Å². The molecular formula is C19H13NO2. The van der Waals surface area contributed by atoms with E-state index in [1.807, 2.05) is 42.5 Å². The Bertz CT molecular complexity index is 997. The molecule has 3 nitrogen and oxygen atoms in total. The summed E-state index contributed by atoms with van der Waals surface area (Å²) in [7, 11) is 0. The lowest BCUT2D eigenvalue weighted by Crippen LogP contribution is -2.01. The van der Waals surface area contributed by atoms with Crippen LogP contribution in [0.15, 0.2) is 66.7 Å². The summed E-state index contributed by atoms with van der Waals surface area (Å²) in [6.07, 6.45) is 0. The molecular weight excluding hydrogens is 274 g/mol. The number of aromatic hydroxyl groups is 1. The molecule has 0 spiro atoms. The number of aromatic nitrogens is 1. The van der Waals surface area contributed by atoms with Crippen LogP contribution in [0.25, 0.3) is 21.8 Å². The van der Waals surface area contributed by atoms with E-state index in [-0.39, 0.29) is 11.5 Å². The molecule has 2 N–H and O–H groups in total. The average Bonchev–Trinajstić information content (AvgIpc) is 2.93. The number of aromatic amines is 1. The van der Waals surface area contributed by atoms with Gasteiger partial charge >= 0.3 is 0 Å². The standard InChI is InChI=1S/C19H13NO2/c21-13-10-8-12(9-11-13)19(22)16-6-3-5-15-14-4-1-2-7-17(14)20-18(15)16/h1-11,20-21H. The number of phenolic OH excluding ortho intramolecular Hbond substituents is 1. The maximum absolute atomic E-state index is 12.7. The molecule has 106 valence electrons. The van der Waals surface area contributed by atoms with Crippen molar-refractivity contribution in [3.63, 3.8) is 0 Å². The fourth-order valence-corrected chi connectivity index (χ4v) is 2.83. The van der Waals surface area contributed by atoms with Crippen LogP contribution in [0.4, 0.5) is 0 Å². The Morgan fingerprint density at radius 3 is 2.36 bits per heavy atom. The van der Waals surface area contributed by atoms with Gasteiger partial charge < -0.3 is 10.1 Å². The van der Waals surface area contributed by atoms with Gasteiger partial charge in [-0.05, 0) is 36.4 Å². The van der Waals surface area contributed by atoms with Crippen molar-refractivity contribution in [2.75, 3.05) is 0 Å². The Balaban J connectivity index is 1.95. The van der Waals surface area contributed by atoms with E-state index < -0.39 is 0 Å². The van der Waals surface area contributed by atoms with Crippen molar-refractivity contribution in [2.45, 2.75) is 0 Å². The first-order valence-electron chi connectivity index (χ1n) is 7.07. The molecule has 3 heteroatoms. The highest BCUT2D eigenvalue weighted by Gasteiger charge is 2.15. The smallest absolute Gasteiger partial charge is 0.195 e. The lowest BCUT2D eigenvalue weighted by molar-refractivity contribution is 0.104. The molecule has 0 saturated carbocycles. The molecule has 0 aliphatic heterocycles. The highest BCUT2D eigenvalue weighted by Crippen LogP contribution is 2.28. The largest absolute Gasteiger partial charge is 0.508 e. The lowest BCUT2D eigenvalue weighted by Gasteiger charge is -2.03. The van der Waals surface area contributed by atoms with Crippen molar-refractivity contribution in [3.8, 4) is 5.75 Å². The zero-order chi connectivity index (χ0) is 15.1. The summed E-state index contributed by atoms with van der Waals surface area (Å²) in [5, 5.41) is 11.5. The fourth-order valence-electron chi connectivity index (χ4n) is 2.83.